The molecule has 3 heteroatoms. The largest absolute Gasteiger partial charge is 0.493 e. The van der Waals surface area contributed by atoms with Crippen molar-refractivity contribution in [1.82, 2.24) is 4.90 Å². The third-order valence-electron chi connectivity index (χ3n) is 5.17. The molecule has 0 aliphatic carbocycles. The number of benzene rings is 1. The molecule has 0 spiro atoms. The molecule has 1 aromatic rings. The van der Waals surface area contributed by atoms with Gasteiger partial charge in [-0.2, -0.15) is 0 Å². The summed E-state index contributed by atoms with van der Waals surface area (Å²) < 4.78 is 5.75. The summed E-state index contributed by atoms with van der Waals surface area (Å²) in [6.45, 7) is 6.23. The number of aliphatic hydroxyl groups is 1. The van der Waals surface area contributed by atoms with Crippen LogP contribution in [-0.2, 0) is 0 Å². The fourth-order valence-electron chi connectivity index (χ4n) is 3.84. The number of nitrogens with zero attached hydrogens (tertiary/aromatic N) is 1. The molecule has 2 unspecified atom stereocenters. The van der Waals surface area contributed by atoms with Crippen molar-refractivity contribution >= 4 is 0 Å². The summed E-state index contributed by atoms with van der Waals surface area (Å²) in [6, 6.07) is 8.33. The van der Waals surface area contributed by atoms with E-state index in [1.54, 1.807) is 0 Å². The Balaban J connectivity index is 1.71. The first-order valence-corrected chi connectivity index (χ1v) is 8.37. The van der Waals surface area contributed by atoms with E-state index >= 15 is 0 Å². The van der Waals surface area contributed by atoms with Crippen LogP contribution in [0.4, 0.5) is 0 Å². The molecule has 2 aliphatic rings. The standard InChI is InChI=1S/C18H27NO2/c1-2-19-11-5-9-18(20,10-12-19)14-15-8-13-21-17-7-4-3-6-16(15)17/h3-4,6-7,15,20H,2,5,8-14H2,1H3. The number of ether oxygens (including phenoxy) is 1. The van der Waals surface area contributed by atoms with Crippen molar-refractivity contribution in [3.8, 4) is 5.75 Å². The van der Waals surface area contributed by atoms with Crippen LogP contribution in [-0.4, -0.2) is 41.8 Å². The van der Waals surface area contributed by atoms with Crippen molar-refractivity contribution in [3.05, 3.63) is 29.8 Å². The average Bonchev–Trinajstić information content (AvgIpc) is 2.69. The highest BCUT2D eigenvalue weighted by atomic mass is 16.5. The third-order valence-corrected chi connectivity index (χ3v) is 5.17. The van der Waals surface area contributed by atoms with Gasteiger partial charge in [0, 0.05) is 6.54 Å². The van der Waals surface area contributed by atoms with Crippen LogP contribution in [0.3, 0.4) is 0 Å². The molecular weight excluding hydrogens is 262 g/mol. The van der Waals surface area contributed by atoms with E-state index in [0.717, 1.165) is 64.1 Å². The first-order chi connectivity index (χ1) is 10.2. The summed E-state index contributed by atoms with van der Waals surface area (Å²) in [5.41, 5.74) is 0.785. The monoisotopic (exact) mass is 289 g/mol. The predicted molar refractivity (Wildman–Crippen MR) is 84.8 cm³/mol. The minimum absolute atomic E-state index is 0.438. The minimum Gasteiger partial charge on any atom is -0.493 e. The Morgan fingerprint density at radius 1 is 1.29 bits per heavy atom. The summed E-state index contributed by atoms with van der Waals surface area (Å²) >= 11 is 0. The molecule has 0 radical (unpaired) electrons. The summed E-state index contributed by atoms with van der Waals surface area (Å²) in [5.74, 6) is 1.45. The van der Waals surface area contributed by atoms with Gasteiger partial charge >= 0.3 is 0 Å². The Kier molecular flexibility index (Phi) is 4.51. The van der Waals surface area contributed by atoms with Crippen molar-refractivity contribution < 1.29 is 9.84 Å². The van der Waals surface area contributed by atoms with Crippen molar-refractivity contribution in [3.63, 3.8) is 0 Å². The molecule has 1 aromatic carbocycles. The first-order valence-electron chi connectivity index (χ1n) is 8.37. The highest BCUT2D eigenvalue weighted by Crippen LogP contribution is 2.40. The van der Waals surface area contributed by atoms with Gasteiger partial charge in [0.1, 0.15) is 5.75 Å². The topological polar surface area (TPSA) is 32.7 Å². The van der Waals surface area contributed by atoms with Crippen LogP contribution in [0.1, 0.15) is 50.5 Å². The second-order valence-corrected chi connectivity index (χ2v) is 6.59. The van der Waals surface area contributed by atoms with Gasteiger partial charge in [-0.1, -0.05) is 25.1 Å². The van der Waals surface area contributed by atoms with Gasteiger partial charge in [-0.15, -0.1) is 0 Å². The van der Waals surface area contributed by atoms with E-state index in [4.69, 9.17) is 4.74 Å². The van der Waals surface area contributed by atoms with Gasteiger partial charge in [0.05, 0.1) is 12.2 Å². The SMILES string of the molecule is CCN1CCCC(O)(CC2CCOc3ccccc32)CC1. The van der Waals surface area contributed by atoms with Crippen molar-refractivity contribution in [2.24, 2.45) is 0 Å². The van der Waals surface area contributed by atoms with E-state index in [-0.39, 0.29) is 0 Å². The normalized spacial score (nSPS) is 30.3. The van der Waals surface area contributed by atoms with E-state index in [0.29, 0.717) is 5.92 Å². The zero-order valence-electron chi connectivity index (χ0n) is 13.1. The molecule has 2 heterocycles. The maximum absolute atomic E-state index is 11.1. The first kappa shape index (κ1) is 14.9. The number of likely N-dealkylation sites (tertiary alicyclic amines) is 1. The highest BCUT2D eigenvalue weighted by molar-refractivity contribution is 5.38. The Labute approximate surface area is 127 Å². The molecule has 0 aromatic heterocycles. The molecule has 0 saturated carbocycles. The van der Waals surface area contributed by atoms with Crippen LogP contribution in [0, 0.1) is 0 Å². The zero-order chi connectivity index (χ0) is 14.7. The Hall–Kier alpha value is -1.06. The van der Waals surface area contributed by atoms with E-state index in [1.165, 1.54) is 5.56 Å². The molecule has 2 aliphatic heterocycles. The molecule has 0 bridgehead atoms. The van der Waals surface area contributed by atoms with Crippen LogP contribution < -0.4 is 4.74 Å². The fourth-order valence-corrected chi connectivity index (χ4v) is 3.84. The Morgan fingerprint density at radius 3 is 3.00 bits per heavy atom. The van der Waals surface area contributed by atoms with Gasteiger partial charge in [-0.05, 0) is 62.7 Å². The highest BCUT2D eigenvalue weighted by Gasteiger charge is 2.34. The lowest BCUT2D eigenvalue weighted by Gasteiger charge is -2.34. The van der Waals surface area contributed by atoms with Gasteiger partial charge in [0.25, 0.3) is 0 Å². The van der Waals surface area contributed by atoms with Crippen molar-refractivity contribution in [2.75, 3.05) is 26.2 Å². The molecule has 1 N–H and O–H groups in total. The quantitative estimate of drug-likeness (QED) is 0.927. The Bertz CT molecular complexity index is 476. The lowest BCUT2D eigenvalue weighted by molar-refractivity contribution is 0.00688. The van der Waals surface area contributed by atoms with Gasteiger partial charge in [-0.3, -0.25) is 0 Å². The lowest BCUT2D eigenvalue weighted by Crippen LogP contribution is -2.34. The maximum atomic E-state index is 11.1. The maximum Gasteiger partial charge on any atom is 0.122 e. The fraction of sp³-hybridized carbons (Fsp3) is 0.667. The molecule has 2 atom stereocenters. The van der Waals surface area contributed by atoms with E-state index in [1.807, 2.05) is 6.07 Å². The number of rotatable bonds is 3. The number of hydrogen-bond donors (Lipinski definition) is 1. The van der Waals surface area contributed by atoms with E-state index in [2.05, 4.69) is 30.0 Å². The molecule has 3 rings (SSSR count). The van der Waals surface area contributed by atoms with Crippen molar-refractivity contribution in [2.45, 2.75) is 50.5 Å². The average molecular weight is 289 g/mol. The molecular formula is C18H27NO2. The summed E-state index contributed by atoms with van der Waals surface area (Å²) in [5, 5.41) is 11.1. The van der Waals surface area contributed by atoms with Gasteiger partial charge in [-0.25, -0.2) is 0 Å². The third kappa shape index (κ3) is 3.41. The van der Waals surface area contributed by atoms with Gasteiger partial charge < -0.3 is 14.7 Å². The second-order valence-electron chi connectivity index (χ2n) is 6.59. The summed E-state index contributed by atoms with van der Waals surface area (Å²) in [6.07, 6.45) is 4.85. The zero-order valence-corrected chi connectivity index (χ0v) is 13.1. The smallest absolute Gasteiger partial charge is 0.122 e. The summed E-state index contributed by atoms with van der Waals surface area (Å²) in [4.78, 5) is 2.45. The minimum atomic E-state index is -0.501. The molecule has 1 fully saturated rings. The molecule has 3 nitrogen and oxygen atoms in total. The molecule has 116 valence electrons. The molecule has 21 heavy (non-hydrogen) atoms. The lowest BCUT2D eigenvalue weighted by atomic mass is 9.79. The van der Waals surface area contributed by atoms with Crippen LogP contribution >= 0.6 is 0 Å². The molecule has 1 saturated heterocycles. The van der Waals surface area contributed by atoms with Crippen LogP contribution in [0.2, 0.25) is 0 Å². The van der Waals surface area contributed by atoms with Gasteiger partial charge in [0.15, 0.2) is 0 Å². The number of hydrogen-bond acceptors (Lipinski definition) is 3. The van der Waals surface area contributed by atoms with Gasteiger partial charge in [0.2, 0.25) is 0 Å². The molecule has 0 amide bonds. The van der Waals surface area contributed by atoms with Crippen LogP contribution in [0.5, 0.6) is 5.75 Å². The summed E-state index contributed by atoms with van der Waals surface area (Å²) in [7, 11) is 0. The van der Waals surface area contributed by atoms with Crippen LogP contribution in [0.25, 0.3) is 0 Å². The van der Waals surface area contributed by atoms with Crippen LogP contribution in [0.15, 0.2) is 24.3 Å². The predicted octanol–water partition coefficient (Wildman–Crippen LogP) is 3.18. The number of fused-ring (bicyclic) bond motifs is 1. The van der Waals surface area contributed by atoms with E-state index < -0.39 is 5.60 Å². The Morgan fingerprint density at radius 2 is 2.14 bits per heavy atom. The number of para-hydroxylation sites is 1. The van der Waals surface area contributed by atoms with Crippen molar-refractivity contribution in [1.29, 1.82) is 0 Å². The van der Waals surface area contributed by atoms with E-state index in [9.17, 15) is 5.11 Å². The second kappa shape index (κ2) is 6.37.